The van der Waals surface area contributed by atoms with E-state index < -0.39 is 0 Å². The van der Waals surface area contributed by atoms with Crippen LogP contribution in [0, 0.1) is 0 Å². The highest BCUT2D eigenvalue weighted by molar-refractivity contribution is 5.65. The van der Waals surface area contributed by atoms with Gasteiger partial charge in [-0.05, 0) is 48.6 Å². The van der Waals surface area contributed by atoms with E-state index in [1.54, 1.807) is 0 Å². The number of unbranched alkanes of at least 4 members (excludes halogenated alkanes) is 2. The zero-order valence-corrected chi connectivity index (χ0v) is 13.1. The third-order valence-electron chi connectivity index (χ3n) is 4.02. The predicted octanol–water partition coefficient (Wildman–Crippen LogP) is 5.81. The van der Waals surface area contributed by atoms with Gasteiger partial charge in [0.05, 0.1) is 0 Å². The molecule has 0 aromatic heterocycles. The van der Waals surface area contributed by atoms with Crippen molar-refractivity contribution >= 4 is 11.6 Å². The van der Waals surface area contributed by atoms with Crippen LogP contribution in [-0.2, 0) is 0 Å². The van der Waals surface area contributed by atoms with Crippen molar-refractivity contribution in [2.75, 3.05) is 0 Å². The molecule has 1 heterocycles. The van der Waals surface area contributed by atoms with Crippen molar-refractivity contribution < 1.29 is 1.43 Å². The fourth-order valence-corrected chi connectivity index (χ4v) is 2.57. The van der Waals surface area contributed by atoms with Crippen LogP contribution < -0.4 is 5.32 Å². The summed E-state index contributed by atoms with van der Waals surface area (Å²) in [6.07, 6.45) is 15.8. The lowest BCUT2D eigenvalue weighted by Gasteiger charge is -2.12. The molecule has 0 spiro atoms. The molecule has 2 rings (SSSR count). The monoisotopic (exact) mass is 283 g/mol. The van der Waals surface area contributed by atoms with Crippen molar-refractivity contribution in [3.8, 4) is 0 Å². The predicted molar refractivity (Wildman–Crippen MR) is 96.1 cm³/mol. The zero-order chi connectivity index (χ0) is 14.9. The minimum absolute atomic E-state index is 0. The Morgan fingerprint density at radius 2 is 2.19 bits per heavy atom. The molecule has 0 bridgehead atoms. The lowest BCUT2D eigenvalue weighted by molar-refractivity contribution is 0.586. The van der Waals surface area contributed by atoms with Crippen molar-refractivity contribution in [3.05, 3.63) is 60.3 Å². The number of nitrogens with one attached hydrogen (secondary N) is 1. The SMILES string of the molecule is C=C(CCC1CC=CN1)c1ccc(/C=C/CCCC)cc1.[HH]. The summed E-state index contributed by atoms with van der Waals surface area (Å²) < 4.78 is 0. The molecule has 0 amide bonds. The first-order valence-corrected chi connectivity index (χ1v) is 8.15. The molecule has 1 heteroatoms. The average Bonchev–Trinajstić information content (AvgIpc) is 3.03. The molecule has 0 fully saturated rings. The molecular weight excluding hydrogens is 254 g/mol. The first kappa shape index (κ1) is 15.6. The first-order valence-electron chi connectivity index (χ1n) is 8.15. The molecule has 0 saturated heterocycles. The van der Waals surface area contributed by atoms with Gasteiger partial charge < -0.3 is 5.32 Å². The van der Waals surface area contributed by atoms with Crippen molar-refractivity contribution in [2.24, 2.45) is 0 Å². The third kappa shape index (κ3) is 5.26. The van der Waals surface area contributed by atoms with Gasteiger partial charge >= 0.3 is 0 Å². The van der Waals surface area contributed by atoms with Gasteiger partial charge in [0.25, 0.3) is 0 Å². The van der Waals surface area contributed by atoms with Crippen LogP contribution in [0.15, 0.2) is 49.2 Å². The Kier molecular flexibility index (Phi) is 6.33. The van der Waals surface area contributed by atoms with E-state index in [9.17, 15) is 0 Å². The van der Waals surface area contributed by atoms with Crippen LogP contribution in [0.3, 0.4) is 0 Å². The Labute approximate surface area is 131 Å². The van der Waals surface area contributed by atoms with Crippen LogP contribution in [0.5, 0.6) is 0 Å². The highest BCUT2D eigenvalue weighted by atomic mass is 14.9. The van der Waals surface area contributed by atoms with Crippen LogP contribution >= 0.6 is 0 Å². The smallest absolute Gasteiger partial charge is 0.0293 e. The van der Waals surface area contributed by atoms with Crippen molar-refractivity contribution in [1.82, 2.24) is 5.32 Å². The highest BCUT2D eigenvalue weighted by Gasteiger charge is 2.09. The largest absolute Gasteiger partial charge is 0.388 e. The minimum Gasteiger partial charge on any atom is -0.388 e. The highest BCUT2D eigenvalue weighted by Crippen LogP contribution is 2.21. The van der Waals surface area contributed by atoms with Gasteiger partial charge in [-0.15, -0.1) is 0 Å². The van der Waals surface area contributed by atoms with Crippen LogP contribution in [0.4, 0.5) is 0 Å². The van der Waals surface area contributed by atoms with E-state index in [1.807, 2.05) is 0 Å². The Hall–Kier alpha value is -1.76. The number of allylic oxidation sites excluding steroid dienone is 2. The van der Waals surface area contributed by atoms with E-state index >= 15 is 0 Å². The van der Waals surface area contributed by atoms with Crippen LogP contribution in [0.25, 0.3) is 11.6 Å². The Morgan fingerprint density at radius 1 is 1.38 bits per heavy atom. The molecule has 1 aromatic rings. The van der Waals surface area contributed by atoms with Crippen molar-refractivity contribution in [2.45, 2.75) is 51.5 Å². The lowest BCUT2D eigenvalue weighted by atomic mass is 9.98. The van der Waals surface area contributed by atoms with E-state index in [0.29, 0.717) is 6.04 Å². The maximum Gasteiger partial charge on any atom is 0.0293 e. The van der Waals surface area contributed by atoms with E-state index in [0.717, 1.165) is 19.3 Å². The quantitative estimate of drug-likeness (QED) is 0.594. The molecule has 1 aliphatic heterocycles. The van der Waals surface area contributed by atoms with Crippen molar-refractivity contribution in [3.63, 3.8) is 0 Å². The number of hydrogen-bond acceptors (Lipinski definition) is 1. The second-order valence-corrected chi connectivity index (χ2v) is 5.81. The molecule has 1 aromatic carbocycles. The molecule has 0 saturated carbocycles. The Morgan fingerprint density at radius 3 is 2.86 bits per heavy atom. The molecule has 0 aliphatic carbocycles. The molecule has 1 aliphatic rings. The molecule has 21 heavy (non-hydrogen) atoms. The first-order chi connectivity index (χ1) is 10.3. The molecular formula is C20H29N. The lowest BCUT2D eigenvalue weighted by Crippen LogP contribution is -2.18. The fraction of sp³-hybridized carbons (Fsp3) is 0.400. The normalized spacial score (nSPS) is 17.3. The molecule has 114 valence electrons. The van der Waals surface area contributed by atoms with Gasteiger partial charge in [0, 0.05) is 7.47 Å². The third-order valence-corrected chi connectivity index (χ3v) is 4.02. The Bertz CT molecular complexity index is 491. The molecule has 1 nitrogen and oxygen atoms in total. The maximum absolute atomic E-state index is 4.24. The van der Waals surface area contributed by atoms with E-state index in [1.165, 1.54) is 36.0 Å². The molecule has 1 unspecified atom stereocenters. The van der Waals surface area contributed by atoms with Crippen LogP contribution in [-0.4, -0.2) is 6.04 Å². The van der Waals surface area contributed by atoms with E-state index in [2.05, 4.69) is 67.5 Å². The number of rotatable bonds is 8. The summed E-state index contributed by atoms with van der Waals surface area (Å²) in [5.41, 5.74) is 3.79. The second-order valence-electron chi connectivity index (χ2n) is 5.81. The van der Waals surface area contributed by atoms with Gasteiger partial charge in [-0.2, -0.15) is 0 Å². The van der Waals surface area contributed by atoms with Crippen molar-refractivity contribution in [1.29, 1.82) is 0 Å². The van der Waals surface area contributed by atoms with Gasteiger partial charge in [-0.3, -0.25) is 0 Å². The second kappa shape index (κ2) is 8.51. The summed E-state index contributed by atoms with van der Waals surface area (Å²) in [5, 5.41) is 3.38. The minimum atomic E-state index is 0. The van der Waals surface area contributed by atoms with Gasteiger partial charge in [0.1, 0.15) is 0 Å². The molecule has 0 radical (unpaired) electrons. The van der Waals surface area contributed by atoms with Crippen LogP contribution in [0.2, 0.25) is 0 Å². The zero-order valence-electron chi connectivity index (χ0n) is 13.1. The number of benzene rings is 1. The average molecular weight is 283 g/mol. The van der Waals surface area contributed by atoms with Gasteiger partial charge in [0.15, 0.2) is 0 Å². The van der Waals surface area contributed by atoms with Crippen LogP contribution in [0.1, 0.15) is 58.0 Å². The Balaban J connectivity index is 0.00000242. The maximum atomic E-state index is 4.24. The van der Waals surface area contributed by atoms with Gasteiger partial charge in [-0.25, -0.2) is 0 Å². The standard InChI is InChI=1S/C20H27N.H2/c1-3-4-5-6-8-18-11-13-19(14-12-18)17(2)10-15-20-9-7-16-21-20;/h6-8,11-14,16,20-21H,2-5,9-10,15H2,1H3;1H/b8-6+;. The summed E-state index contributed by atoms with van der Waals surface area (Å²) >= 11 is 0. The summed E-state index contributed by atoms with van der Waals surface area (Å²) in [7, 11) is 0. The van der Waals surface area contributed by atoms with E-state index in [-0.39, 0.29) is 1.43 Å². The van der Waals surface area contributed by atoms with Gasteiger partial charge in [0.2, 0.25) is 0 Å². The summed E-state index contributed by atoms with van der Waals surface area (Å²) in [4.78, 5) is 0. The number of hydrogen-bond donors (Lipinski definition) is 1. The summed E-state index contributed by atoms with van der Waals surface area (Å²) in [6, 6.07) is 9.38. The fourth-order valence-electron chi connectivity index (χ4n) is 2.57. The summed E-state index contributed by atoms with van der Waals surface area (Å²) in [6.45, 7) is 6.46. The topological polar surface area (TPSA) is 12.0 Å². The summed E-state index contributed by atoms with van der Waals surface area (Å²) in [5.74, 6) is 0. The van der Waals surface area contributed by atoms with E-state index in [4.69, 9.17) is 0 Å². The van der Waals surface area contributed by atoms with Gasteiger partial charge in [-0.1, -0.05) is 68.8 Å². The molecule has 1 N–H and O–H groups in total. The molecule has 1 atom stereocenters.